The lowest BCUT2D eigenvalue weighted by atomic mass is 9.96. The number of benzene rings is 5. The molecule has 0 N–H and O–H groups in total. The Morgan fingerprint density at radius 3 is 1.23 bits per heavy atom. The van der Waals surface area contributed by atoms with Crippen LogP contribution in [0.25, 0.3) is 49.7 Å². The average Bonchev–Trinajstić information content (AvgIpc) is 3.52. The van der Waals surface area contributed by atoms with E-state index in [1.54, 1.807) is 0 Å². The maximum absolute atomic E-state index is 13.7. The van der Waals surface area contributed by atoms with Crippen LogP contribution in [-0.4, -0.2) is 28.3 Å². The SMILES string of the molecule is CN1C(=O)c2cccc(-n3c4ccc(-c5cc(C(F)(F)F)cc(C(F)(F)F)c5)cc4c4cc(-c5cc(C(F)(F)F)cc(C(F)(F)F)c5)ccc43)c2C1=O. The fraction of sp³-hybridized carbons (Fsp3) is 0.135. The molecule has 0 unspecified atom stereocenters. The van der Waals surface area contributed by atoms with Crippen molar-refractivity contribution in [2.24, 2.45) is 0 Å². The van der Waals surface area contributed by atoms with Crippen molar-refractivity contribution in [3.63, 3.8) is 0 Å². The Morgan fingerprint density at radius 2 is 0.849 bits per heavy atom. The van der Waals surface area contributed by atoms with Crippen LogP contribution in [0.5, 0.6) is 0 Å². The molecule has 1 aliphatic rings. The van der Waals surface area contributed by atoms with Crippen molar-refractivity contribution in [3.8, 4) is 27.9 Å². The van der Waals surface area contributed by atoms with Gasteiger partial charge in [0.15, 0.2) is 0 Å². The molecule has 5 aromatic carbocycles. The van der Waals surface area contributed by atoms with Crippen LogP contribution < -0.4 is 0 Å². The lowest BCUT2D eigenvalue weighted by Crippen LogP contribution is -2.24. The van der Waals surface area contributed by atoms with E-state index in [4.69, 9.17) is 0 Å². The normalized spacial score (nSPS) is 14.2. The summed E-state index contributed by atoms with van der Waals surface area (Å²) in [6.07, 6.45) is -20.7. The predicted octanol–water partition coefficient (Wildman–Crippen LogP) is 11.4. The maximum atomic E-state index is 13.7. The van der Waals surface area contributed by atoms with Gasteiger partial charge in [-0.25, -0.2) is 0 Å². The Balaban J connectivity index is 1.55. The first-order chi connectivity index (χ1) is 24.5. The highest BCUT2D eigenvalue weighted by atomic mass is 19.4. The third kappa shape index (κ3) is 6.04. The van der Waals surface area contributed by atoms with Gasteiger partial charge in [-0.15, -0.1) is 0 Å². The van der Waals surface area contributed by atoms with Crippen molar-refractivity contribution in [2.45, 2.75) is 24.7 Å². The molecule has 1 aromatic heterocycles. The molecular formula is C37H18F12N2O2. The molecule has 0 bridgehead atoms. The number of rotatable bonds is 3. The number of aromatic nitrogens is 1. The predicted molar refractivity (Wildman–Crippen MR) is 168 cm³/mol. The molecule has 2 amide bonds. The number of fused-ring (bicyclic) bond motifs is 4. The zero-order chi connectivity index (χ0) is 38.6. The van der Waals surface area contributed by atoms with Gasteiger partial charge in [0.25, 0.3) is 11.8 Å². The molecule has 0 fully saturated rings. The van der Waals surface area contributed by atoms with Gasteiger partial charge in [-0.3, -0.25) is 14.5 Å². The number of nitrogens with zero attached hydrogens (tertiary/aromatic N) is 2. The third-order valence-electron chi connectivity index (χ3n) is 8.94. The Hall–Kier alpha value is -5.80. The summed E-state index contributed by atoms with van der Waals surface area (Å²) in [5.74, 6) is -1.33. The minimum Gasteiger partial charge on any atom is -0.308 e. The second-order valence-electron chi connectivity index (χ2n) is 12.3. The highest BCUT2D eigenvalue weighted by molar-refractivity contribution is 6.23. The fourth-order valence-corrected chi connectivity index (χ4v) is 6.46. The minimum atomic E-state index is -5.17. The van der Waals surface area contributed by atoms with Gasteiger partial charge in [0.05, 0.1) is 50.1 Å². The summed E-state index contributed by atoms with van der Waals surface area (Å²) < 4.78 is 166. The van der Waals surface area contributed by atoms with Gasteiger partial charge in [-0.2, -0.15) is 52.7 Å². The summed E-state index contributed by atoms with van der Waals surface area (Å²) in [5, 5.41) is 0.187. The number of carbonyl (C=O) groups is 2. The summed E-state index contributed by atoms with van der Waals surface area (Å²) in [6.45, 7) is 0. The van der Waals surface area contributed by atoms with Crippen molar-refractivity contribution in [1.29, 1.82) is 0 Å². The van der Waals surface area contributed by atoms with E-state index in [9.17, 15) is 62.3 Å². The highest BCUT2D eigenvalue weighted by Gasteiger charge is 2.39. The van der Waals surface area contributed by atoms with Crippen molar-refractivity contribution >= 4 is 33.6 Å². The van der Waals surface area contributed by atoms with E-state index in [1.165, 1.54) is 66.2 Å². The molecule has 4 nitrogen and oxygen atoms in total. The van der Waals surface area contributed by atoms with E-state index in [0.717, 1.165) is 4.90 Å². The molecule has 2 heterocycles. The number of carbonyl (C=O) groups excluding carboxylic acids is 2. The second kappa shape index (κ2) is 11.6. The molecule has 6 aromatic rings. The molecule has 0 saturated heterocycles. The second-order valence-corrected chi connectivity index (χ2v) is 12.3. The molecule has 0 saturated carbocycles. The molecule has 1 aliphatic heterocycles. The molecule has 7 rings (SSSR count). The summed E-state index contributed by atoms with van der Waals surface area (Å²) >= 11 is 0. The Labute approximate surface area is 289 Å². The first-order valence-electron chi connectivity index (χ1n) is 15.2. The molecule has 0 spiro atoms. The van der Waals surface area contributed by atoms with Gasteiger partial charge >= 0.3 is 24.7 Å². The minimum absolute atomic E-state index is 0.0190. The third-order valence-corrected chi connectivity index (χ3v) is 8.94. The van der Waals surface area contributed by atoms with E-state index in [-0.39, 0.29) is 61.9 Å². The van der Waals surface area contributed by atoms with Crippen LogP contribution in [0.3, 0.4) is 0 Å². The number of hydrogen-bond acceptors (Lipinski definition) is 2. The lowest BCUT2D eigenvalue weighted by Gasteiger charge is -2.15. The van der Waals surface area contributed by atoms with Gasteiger partial charge in [0, 0.05) is 17.8 Å². The van der Waals surface area contributed by atoms with E-state index >= 15 is 0 Å². The van der Waals surface area contributed by atoms with Crippen molar-refractivity contribution in [3.05, 3.63) is 124 Å². The van der Waals surface area contributed by atoms with Crippen LogP contribution in [0.15, 0.2) is 91.0 Å². The number of hydrogen-bond donors (Lipinski definition) is 0. The zero-order valence-corrected chi connectivity index (χ0v) is 26.4. The number of halogens is 12. The number of imide groups is 1. The Kier molecular flexibility index (Phi) is 7.79. The average molecular weight is 751 g/mol. The topological polar surface area (TPSA) is 42.3 Å². The highest BCUT2D eigenvalue weighted by Crippen LogP contribution is 2.44. The molecule has 272 valence electrons. The van der Waals surface area contributed by atoms with E-state index in [2.05, 4.69) is 0 Å². The molecule has 0 aliphatic carbocycles. The summed E-state index contributed by atoms with van der Waals surface area (Å²) in [7, 11) is 1.24. The lowest BCUT2D eigenvalue weighted by molar-refractivity contribution is -0.144. The first-order valence-corrected chi connectivity index (χ1v) is 15.2. The van der Waals surface area contributed by atoms with Crippen LogP contribution in [0.1, 0.15) is 43.0 Å². The van der Waals surface area contributed by atoms with E-state index in [1.807, 2.05) is 0 Å². The van der Waals surface area contributed by atoms with Gasteiger partial charge in [0.2, 0.25) is 0 Å². The monoisotopic (exact) mass is 750 g/mol. The van der Waals surface area contributed by atoms with Gasteiger partial charge in [-0.1, -0.05) is 18.2 Å². The Morgan fingerprint density at radius 1 is 0.453 bits per heavy atom. The van der Waals surface area contributed by atoms with Gasteiger partial charge in [0.1, 0.15) is 0 Å². The maximum Gasteiger partial charge on any atom is 0.416 e. The van der Waals surface area contributed by atoms with E-state index < -0.39 is 69.9 Å². The van der Waals surface area contributed by atoms with Gasteiger partial charge in [-0.05, 0) is 95.1 Å². The smallest absolute Gasteiger partial charge is 0.308 e. The van der Waals surface area contributed by atoms with Crippen LogP contribution in [0.2, 0.25) is 0 Å². The van der Waals surface area contributed by atoms with Crippen molar-refractivity contribution in [1.82, 2.24) is 9.47 Å². The molecule has 0 atom stereocenters. The van der Waals surface area contributed by atoms with Gasteiger partial charge < -0.3 is 4.57 Å². The first kappa shape index (κ1) is 35.6. The summed E-state index contributed by atoms with van der Waals surface area (Å²) in [6, 6.07) is 13.8. The fourth-order valence-electron chi connectivity index (χ4n) is 6.46. The standard InChI is InChI=1S/C37H18F12N2O2/c1-50-32(52)25-3-2-4-30(31(25)33(50)53)51-28-7-5-17(19-9-21(34(38,39)40)15-22(10-19)35(41,42)43)13-26(28)27-14-18(6-8-29(27)51)20-11-23(36(44,45)46)16-24(12-20)37(47,48)49/h2-16H,1H3. The van der Waals surface area contributed by atoms with Crippen molar-refractivity contribution < 1.29 is 62.3 Å². The summed E-state index contributed by atoms with van der Waals surface area (Å²) in [4.78, 5) is 26.9. The molecular weight excluding hydrogens is 732 g/mol. The largest absolute Gasteiger partial charge is 0.416 e. The number of amides is 2. The molecule has 16 heteroatoms. The quantitative estimate of drug-likeness (QED) is 0.134. The summed E-state index contributed by atoms with van der Waals surface area (Å²) in [5.41, 5.74) is -7.20. The van der Waals surface area contributed by atoms with Crippen molar-refractivity contribution in [2.75, 3.05) is 7.05 Å². The molecule has 0 radical (unpaired) electrons. The molecule has 53 heavy (non-hydrogen) atoms. The zero-order valence-electron chi connectivity index (χ0n) is 26.4. The van der Waals surface area contributed by atoms with Crippen LogP contribution in [0, 0.1) is 0 Å². The van der Waals surface area contributed by atoms with E-state index in [0.29, 0.717) is 24.3 Å². The van der Waals surface area contributed by atoms with Crippen LogP contribution >= 0.6 is 0 Å². The van der Waals surface area contributed by atoms with Crippen LogP contribution in [-0.2, 0) is 24.7 Å². The number of alkyl halides is 12. The van der Waals surface area contributed by atoms with Crippen LogP contribution in [0.4, 0.5) is 52.7 Å². The Bertz CT molecular complexity index is 2320.